The van der Waals surface area contributed by atoms with E-state index in [1.54, 1.807) is 31.3 Å². The maximum atomic E-state index is 14.4. The third-order valence-corrected chi connectivity index (χ3v) is 5.47. The molecule has 2 fully saturated rings. The van der Waals surface area contributed by atoms with Gasteiger partial charge in [-0.2, -0.15) is 12.6 Å². The Balaban J connectivity index is 1.91. The number of Topliss-reactive ketones (excluding diaryl/α,β-unsaturated/α-hetero) is 1. The summed E-state index contributed by atoms with van der Waals surface area (Å²) in [7, 11) is 1.58. The Morgan fingerprint density at radius 3 is 2.68 bits per heavy atom. The number of nitrogens with one attached hydrogen (secondary N) is 1. The summed E-state index contributed by atoms with van der Waals surface area (Å²) in [6, 6.07) is 5.89. The number of carbonyl (C=O) groups is 2. The lowest BCUT2D eigenvalue weighted by atomic mass is 9.93. The molecule has 2 atom stereocenters. The fourth-order valence-electron chi connectivity index (χ4n) is 3.31. The van der Waals surface area contributed by atoms with Crippen molar-refractivity contribution in [1.82, 2.24) is 10.2 Å². The normalized spacial score (nSPS) is 24.1. The molecule has 6 heteroatoms. The van der Waals surface area contributed by atoms with Crippen LogP contribution in [0.4, 0.5) is 4.39 Å². The zero-order valence-electron chi connectivity index (χ0n) is 14.2. The van der Waals surface area contributed by atoms with Gasteiger partial charge in [0.1, 0.15) is 5.82 Å². The first-order valence-corrected chi connectivity index (χ1v) is 9.15. The van der Waals surface area contributed by atoms with Gasteiger partial charge in [-0.1, -0.05) is 18.2 Å². The van der Waals surface area contributed by atoms with E-state index in [-0.39, 0.29) is 28.7 Å². The van der Waals surface area contributed by atoms with Crippen LogP contribution in [0.15, 0.2) is 35.9 Å². The molecule has 3 rings (SSSR count). The second-order valence-corrected chi connectivity index (χ2v) is 7.33. The monoisotopic (exact) mass is 362 g/mol. The van der Waals surface area contributed by atoms with Crippen molar-refractivity contribution in [3.63, 3.8) is 0 Å². The van der Waals surface area contributed by atoms with Crippen molar-refractivity contribution in [2.45, 2.75) is 30.6 Å². The van der Waals surface area contributed by atoms with Crippen molar-refractivity contribution in [1.29, 1.82) is 0 Å². The minimum absolute atomic E-state index is 0.0224. The summed E-state index contributed by atoms with van der Waals surface area (Å²) in [6.07, 6.45) is 4.03. The summed E-state index contributed by atoms with van der Waals surface area (Å²) >= 11 is 4.56. The number of ketones is 1. The summed E-state index contributed by atoms with van der Waals surface area (Å²) in [4.78, 5) is 26.6. The first-order chi connectivity index (χ1) is 12.0. The topological polar surface area (TPSA) is 49.4 Å². The Bertz CT molecular complexity index is 702. The standard InChI is InChI=1S/C19H23FN2O2S/c1-21-17(23)10-13-11-22(9-8-16(13)25)18(19(24)12-6-7-12)14-4-2-3-5-15(14)20/h2-5,10,12,16,18,25H,6-9,11H2,1H3,(H,21,23). The van der Waals surface area contributed by atoms with Crippen LogP contribution in [0.3, 0.4) is 0 Å². The zero-order chi connectivity index (χ0) is 18.0. The van der Waals surface area contributed by atoms with Crippen LogP contribution >= 0.6 is 12.6 Å². The maximum Gasteiger partial charge on any atom is 0.243 e. The molecule has 1 aliphatic heterocycles. The van der Waals surface area contributed by atoms with Gasteiger partial charge in [0.25, 0.3) is 0 Å². The highest BCUT2D eigenvalue weighted by molar-refractivity contribution is 7.81. The second kappa shape index (κ2) is 7.70. The molecule has 134 valence electrons. The number of amides is 1. The average Bonchev–Trinajstić information content (AvgIpc) is 3.44. The summed E-state index contributed by atoms with van der Waals surface area (Å²) < 4.78 is 14.4. The lowest BCUT2D eigenvalue weighted by molar-refractivity contribution is -0.126. The van der Waals surface area contributed by atoms with E-state index in [4.69, 9.17) is 0 Å². The van der Waals surface area contributed by atoms with Gasteiger partial charge in [0, 0.05) is 42.9 Å². The highest BCUT2D eigenvalue weighted by Crippen LogP contribution is 2.39. The van der Waals surface area contributed by atoms with Crippen molar-refractivity contribution < 1.29 is 14.0 Å². The molecule has 2 aliphatic rings. The van der Waals surface area contributed by atoms with Gasteiger partial charge in [0.2, 0.25) is 5.91 Å². The van der Waals surface area contributed by atoms with E-state index >= 15 is 0 Å². The number of likely N-dealkylation sites (tertiary alicyclic amines) is 1. The van der Waals surface area contributed by atoms with Gasteiger partial charge in [-0.05, 0) is 30.9 Å². The van der Waals surface area contributed by atoms with Crippen LogP contribution in [0, 0.1) is 11.7 Å². The Morgan fingerprint density at radius 2 is 2.04 bits per heavy atom. The van der Waals surface area contributed by atoms with E-state index in [1.165, 1.54) is 6.07 Å². The Morgan fingerprint density at radius 1 is 1.32 bits per heavy atom. The summed E-state index contributed by atoms with van der Waals surface area (Å²) in [5.74, 6) is -0.426. The lowest BCUT2D eigenvalue weighted by Crippen LogP contribution is -2.43. The number of hydrogen-bond acceptors (Lipinski definition) is 4. The quantitative estimate of drug-likeness (QED) is 0.625. The van der Waals surface area contributed by atoms with Crippen LogP contribution in [-0.2, 0) is 9.59 Å². The number of carbonyl (C=O) groups excluding carboxylic acids is 2. The number of halogens is 1. The van der Waals surface area contributed by atoms with Crippen LogP contribution in [-0.4, -0.2) is 42.0 Å². The Labute approximate surface area is 152 Å². The third kappa shape index (κ3) is 4.12. The minimum Gasteiger partial charge on any atom is -0.356 e. The molecule has 0 radical (unpaired) electrons. The molecule has 0 bridgehead atoms. The van der Waals surface area contributed by atoms with Crippen molar-refractivity contribution in [2.75, 3.05) is 20.1 Å². The maximum absolute atomic E-state index is 14.4. The molecule has 4 nitrogen and oxygen atoms in total. The Kier molecular flexibility index (Phi) is 5.59. The molecule has 1 amide bonds. The van der Waals surface area contributed by atoms with Crippen LogP contribution in [0.5, 0.6) is 0 Å². The van der Waals surface area contributed by atoms with Gasteiger partial charge < -0.3 is 5.32 Å². The molecule has 25 heavy (non-hydrogen) atoms. The van der Waals surface area contributed by atoms with E-state index in [2.05, 4.69) is 17.9 Å². The zero-order valence-corrected chi connectivity index (χ0v) is 15.1. The summed E-state index contributed by atoms with van der Waals surface area (Å²) in [6.45, 7) is 1.09. The van der Waals surface area contributed by atoms with Crippen LogP contribution < -0.4 is 5.32 Å². The Hall–Kier alpha value is -1.66. The van der Waals surface area contributed by atoms with Crippen LogP contribution in [0.1, 0.15) is 30.9 Å². The van der Waals surface area contributed by atoms with Gasteiger partial charge in [0.15, 0.2) is 5.78 Å². The average molecular weight is 362 g/mol. The number of hydrogen-bond donors (Lipinski definition) is 2. The van der Waals surface area contributed by atoms with Crippen molar-refractivity contribution in [3.05, 3.63) is 47.3 Å². The number of benzene rings is 1. The highest BCUT2D eigenvalue weighted by Gasteiger charge is 2.40. The molecule has 2 unspecified atom stereocenters. The fourth-order valence-corrected chi connectivity index (χ4v) is 3.58. The predicted molar refractivity (Wildman–Crippen MR) is 98.0 cm³/mol. The lowest BCUT2D eigenvalue weighted by Gasteiger charge is -2.37. The van der Waals surface area contributed by atoms with Crippen molar-refractivity contribution in [3.8, 4) is 0 Å². The molecular formula is C19H23FN2O2S. The first kappa shape index (κ1) is 18.1. The minimum atomic E-state index is -0.595. The van der Waals surface area contributed by atoms with E-state index in [9.17, 15) is 14.0 Å². The molecule has 1 aliphatic carbocycles. The van der Waals surface area contributed by atoms with Gasteiger partial charge in [-0.25, -0.2) is 4.39 Å². The molecule has 1 saturated carbocycles. The van der Waals surface area contributed by atoms with Gasteiger partial charge in [-0.15, -0.1) is 0 Å². The first-order valence-electron chi connectivity index (χ1n) is 8.63. The predicted octanol–water partition coefficient (Wildman–Crippen LogP) is 2.52. The molecule has 0 aromatic heterocycles. The van der Waals surface area contributed by atoms with Gasteiger partial charge >= 0.3 is 0 Å². The highest BCUT2D eigenvalue weighted by atomic mass is 32.1. The number of piperidine rings is 1. The molecular weight excluding hydrogens is 339 g/mol. The van der Waals surface area contributed by atoms with E-state index in [0.29, 0.717) is 18.7 Å². The van der Waals surface area contributed by atoms with E-state index < -0.39 is 6.04 Å². The van der Waals surface area contributed by atoms with E-state index in [1.807, 2.05) is 4.90 Å². The van der Waals surface area contributed by atoms with Crippen molar-refractivity contribution in [2.24, 2.45) is 5.92 Å². The third-order valence-electron chi connectivity index (χ3n) is 4.88. The van der Waals surface area contributed by atoms with E-state index in [0.717, 1.165) is 24.8 Å². The number of rotatable bonds is 5. The number of nitrogens with zero attached hydrogens (tertiary/aromatic N) is 1. The second-order valence-electron chi connectivity index (χ2n) is 6.71. The molecule has 1 heterocycles. The summed E-state index contributed by atoms with van der Waals surface area (Å²) in [5, 5.41) is 2.55. The summed E-state index contributed by atoms with van der Waals surface area (Å²) in [5.41, 5.74) is 1.29. The van der Waals surface area contributed by atoms with Crippen LogP contribution in [0.25, 0.3) is 0 Å². The molecule has 0 spiro atoms. The molecule has 1 N–H and O–H groups in total. The number of likely N-dealkylation sites (N-methyl/N-ethyl adjacent to an activating group) is 1. The van der Waals surface area contributed by atoms with Gasteiger partial charge in [-0.3, -0.25) is 14.5 Å². The van der Waals surface area contributed by atoms with Gasteiger partial charge in [0.05, 0.1) is 6.04 Å². The molecule has 1 saturated heterocycles. The smallest absolute Gasteiger partial charge is 0.243 e. The van der Waals surface area contributed by atoms with Crippen LogP contribution in [0.2, 0.25) is 0 Å². The number of thiol groups is 1. The van der Waals surface area contributed by atoms with Crippen molar-refractivity contribution >= 4 is 24.3 Å². The largest absolute Gasteiger partial charge is 0.356 e. The SMILES string of the molecule is CNC(=O)C=C1CN(C(C(=O)C2CC2)c2ccccc2F)CCC1S. The molecule has 1 aromatic carbocycles. The molecule has 1 aromatic rings. The fraction of sp³-hybridized carbons (Fsp3) is 0.474.